The normalized spacial score (nSPS) is 19.9. The van der Waals surface area contributed by atoms with E-state index in [2.05, 4.69) is 21.3 Å². The number of unbranched alkanes of at least 4 members (excludes halogenated alkanes) is 1. The third-order valence-electron chi connectivity index (χ3n) is 5.48. The number of amides is 3. The van der Waals surface area contributed by atoms with Crippen LogP contribution in [-0.4, -0.2) is 66.1 Å². The molecule has 0 radical (unpaired) electrons. The second kappa shape index (κ2) is 13.2. The summed E-state index contributed by atoms with van der Waals surface area (Å²) in [5.41, 5.74) is 5.51. The van der Waals surface area contributed by atoms with Crippen molar-refractivity contribution < 1.29 is 24.3 Å². The summed E-state index contributed by atoms with van der Waals surface area (Å²) in [7, 11) is 0. The smallest absolute Gasteiger partial charge is 0.325 e. The summed E-state index contributed by atoms with van der Waals surface area (Å²) in [6.45, 7) is 6.36. The minimum absolute atomic E-state index is 0.138. The third-order valence-corrected chi connectivity index (χ3v) is 5.48. The van der Waals surface area contributed by atoms with Gasteiger partial charge in [-0.25, -0.2) is 0 Å². The average molecular weight is 428 g/mol. The van der Waals surface area contributed by atoms with Gasteiger partial charge in [-0.2, -0.15) is 0 Å². The summed E-state index contributed by atoms with van der Waals surface area (Å²) in [4.78, 5) is 49.1. The summed E-state index contributed by atoms with van der Waals surface area (Å²) in [5.74, 6) is -2.55. The monoisotopic (exact) mass is 427 g/mol. The first-order chi connectivity index (χ1) is 14.2. The molecular formula is C20H37N5O5. The van der Waals surface area contributed by atoms with Crippen molar-refractivity contribution >= 4 is 23.7 Å². The van der Waals surface area contributed by atoms with Gasteiger partial charge in [0.15, 0.2) is 0 Å². The standard InChI is InChI=1S/C20H37N5O5/c1-4-12(2)16(25-17(26)14-9-7-11-22-14)19(28)24-15(8-5-6-10-21)18(27)23-13(3)20(29)30/h12-16,22H,4-11,21H2,1-3H3,(H,23,27)(H,24,28)(H,25,26)(H,29,30). The number of nitrogens with one attached hydrogen (secondary N) is 4. The van der Waals surface area contributed by atoms with Gasteiger partial charge in [0, 0.05) is 0 Å². The maximum absolute atomic E-state index is 13.0. The van der Waals surface area contributed by atoms with Crippen LogP contribution in [0.15, 0.2) is 0 Å². The number of carboxylic acid groups (broad SMARTS) is 1. The predicted octanol–water partition coefficient (Wildman–Crippen LogP) is -0.528. The molecule has 1 aliphatic heterocycles. The molecule has 0 saturated carbocycles. The number of carbonyl (C=O) groups is 4. The molecule has 1 aliphatic rings. The van der Waals surface area contributed by atoms with Crippen molar-refractivity contribution in [1.82, 2.24) is 21.3 Å². The Morgan fingerprint density at radius 1 is 1.10 bits per heavy atom. The SMILES string of the molecule is CCC(C)C(NC(=O)C1CCCN1)C(=O)NC(CCCCN)C(=O)NC(C)C(=O)O. The molecule has 0 aliphatic carbocycles. The molecule has 30 heavy (non-hydrogen) atoms. The van der Waals surface area contributed by atoms with Crippen molar-refractivity contribution in [2.24, 2.45) is 11.7 Å². The molecule has 0 spiro atoms. The summed E-state index contributed by atoms with van der Waals surface area (Å²) in [6, 6.07) is -3.08. The first kappa shape index (κ1) is 25.8. The van der Waals surface area contributed by atoms with E-state index in [1.807, 2.05) is 13.8 Å². The van der Waals surface area contributed by atoms with E-state index in [0.29, 0.717) is 32.2 Å². The Bertz CT molecular complexity index is 594. The molecule has 0 aromatic rings. The lowest BCUT2D eigenvalue weighted by molar-refractivity contribution is -0.142. The van der Waals surface area contributed by atoms with Crippen molar-refractivity contribution in [3.8, 4) is 0 Å². The number of aliphatic carboxylic acids is 1. The van der Waals surface area contributed by atoms with Crippen molar-refractivity contribution in [3.63, 3.8) is 0 Å². The van der Waals surface area contributed by atoms with Gasteiger partial charge in [-0.15, -0.1) is 0 Å². The number of carbonyl (C=O) groups excluding carboxylic acids is 3. The fourth-order valence-corrected chi connectivity index (χ4v) is 3.26. The van der Waals surface area contributed by atoms with Gasteiger partial charge < -0.3 is 32.1 Å². The van der Waals surface area contributed by atoms with E-state index in [9.17, 15) is 19.2 Å². The molecule has 10 nitrogen and oxygen atoms in total. The first-order valence-corrected chi connectivity index (χ1v) is 10.8. The van der Waals surface area contributed by atoms with Crippen LogP contribution in [-0.2, 0) is 19.2 Å². The Morgan fingerprint density at radius 3 is 2.33 bits per heavy atom. The lowest BCUT2D eigenvalue weighted by Crippen LogP contribution is -2.58. The van der Waals surface area contributed by atoms with E-state index in [0.717, 1.165) is 19.4 Å². The highest BCUT2D eigenvalue weighted by atomic mass is 16.4. The Kier molecular flexibility index (Phi) is 11.3. The summed E-state index contributed by atoms with van der Waals surface area (Å²) < 4.78 is 0. The van der Waals surface area contributed by atoms with E-state index in [4.69, 9.17) is 10.8 Å². The van der Waals surface area contributed by atoms with Crippen LogP contribution in [0.1, 0.15) is 59.3 Å². The van der Waals surface area contributed by atoms with E-state index in [1.54, 1.807) is 0 Å². The van der Waals surface area contributed by atoms with E-state index in [-0.39, 0.29) is 17.9 Å². The summed E-state index contributed by atoms with van der Waals surface area (Å²) in [5, 5.41) is 20.1. The molecule has 1 heterocycles. The van der Waals surface area contributed by atoms with Gasteiger partial charge in [0.25, 0.3) is 0 Å². The largest absolute Gasteiger partial charge is 0.480 e. The van der Waals surface area contributed by atoms with Crippen LogP contribution < -0.4 is 27.0 Å². The molecule has 1 saturated heterocycles. The summed E-state index contributed by atoms with van der Waals surface area (Å²) >= 11 is 0. The predicted molar refractivity (Wildman–Crippen MR) is 112 cm³/mol. The van der Waals surface area contributed by atoms with Gasteiger partial charge in [0.05, 0.1) is 6.04 Å². The molecule has 5 atom stereocenters. The molecule has 172 valence electrons. The highest BCUT2D eigenvalue weighted by molar-refractivity contribution is 5.94. The highest BCUT2D eigenvalue weighted by Gasteiger charge is 2.32. The lowest BCUT2D eigenvalue weighted by Gasteiger charge is -2.27. The topological polar surface area (TPSA) is 163 Å². The fraction of sp³-hybridized carbons (Fsp3) is 0.800. The maximum Gasteiger partial charge on any atom is 0.325 e. The number of rotatable bonds is 13. The zero-order valence-electron chi connectivity index (χ0n) is 18.2. The van der Waals surface area contributed by atoms with Crippen molar-refractivity contribution in [3.05, 3.63) is 0 Å². The molecular weight excluding hydrogens is 390 g/mol. The van der Waals surface area contributed by atoms with Gasteiger partial charge in [-0.05, 0) is 58.0 Å². The lowest BCUT2D eigenvalue weighted by atomic mass is 9.97. The Morgan fingerprint density at radius 2 is 1.80 bits per heavy atom. The molecule has 3 amide bonds. The zero-order chi connectivity index (χ0) is 22.7. The Hall–Kier alpha value is -2.20. The van der Waals surface area contributed by atoms with Crippen LogP contribution in [0.25, 0.3) is 0 Å². The quantitative estimate of drug-likeness (QED) is 0.215. The van der Waals surface area contributed by atoms with Gasteiger partial charge in [0.2, 0.25) is 17.7 Å². The Labute approximate surface area is 178 Å². The second-order valence-electron chi connectivity index (χ2n) is 7.93. The molecule has 0 aromatic heterocycles. The van der Waals surface area contributed by atoms with Gasteiger partial charge in [-0.3, -0.25) is 19.2 Å². The molecule has 10 heteroatoms. The molecule has 7 N–H and O–H groups in total. The molecule has 5 unspecified atom stereocenters. The van der Waals surface area contributed by atoms with Gasteiger partial charge in [-0.1, -0.05) is 20.3 Å². The highest BCUT2D eigenvalue weighted by Crippen LogP contribution is 2.12. The Balaban J connectivity index is 2.86. The number of nitrogens with two attached hydrogens (primary N) is 1. The third kappa shape index (κ3) is 8.27. The minimum Gasteiger partial charge on any atom is -0.480 e. The van der Waals surface area contributed by atoms with Crippen LogP contribution in [0.2, 0.25) is 0 Å². The van der Waals surface area contributed by atoms with Crippen LogP contribution in [0.3, 0.4) is 0 Å². The minimum atomic E-state index is -1.16. The zero-order valence-corrected chi connectivity index (χ0v) is 18.2. The summed E-state index contributed by atoms with van der Waals surface area (Å²) in [6.07, 6.45) is 3.89. The number of carboxylic acids is 1. The maximum atomic E-state index is 13.0. The van der Waals surface area contributed by atoms with Crippen LogP contribution in [0, 0.1) is 5.92 Å². The second-order valence-corrected chi connectivity index (χ2v) is 7.93. The average Bonchev–Trinajstić information content (AvgIpc) is 3.25. The van der Waals surface area contributed by atoms with E-state index >= 15 is 0 Å². The number of hydrogen-bond donors (Lipinski definition) is 6. The number of hydrogen-bond acceptors (Lipinski definition) is 6. The van der Waals surface area contributed by atoms with Crippen molar-refractivity contribution in [2.75, 3.05) is 13.1 Å². The van der Waals surface area contributed by atoms with Crippen LogP contribution >= 0.6 is 0 Å². The molecule has 1 rings (SSSR count). The van der Waals surface area contributed by atoms with E-state index in [1.165, 1.54) is 6.92 Å². The fourth-order valence-electron chi connectivity index (χ4n) is 3.26. The van der Waals surface area contributed by atoms with Crippen LogP contribution in [0.4, 0.5) is 0 Å². The van der Waals surface area contributed by atoms with Crippen LogP contribution in [0.5, 0.6) is 0 Å². The molecule has 1 fully saturated rings. The molecule has 0 bridgehead atoms. The van der Waals surface area contributed by atoms with Crippen molar-refractivity contribution in [1.29, 1.82) is 0 Å². The molecule has 0 aromatic carbocycles. The van der Waals surface area contributed by atoms with Gasteiger partial charge in [0.1, 0.15) is 18.1 Å². The van der Waals surface area contributed by atoms with Crippen molar-refractivity contribution in [2.45, 2.75) is 83.5 Å². The first-order valence-electron chi connectivity index (χ1n) is 10.8. The van der Waals surface area contributed by atoms with Gasteiger partial charge >= 0.3 is 5.97 Å². The van der Waals surface area contributed by atoms with E-state index < -0.39 is 35.9 Å².